The summed E-state index contributed by atoms with van der Waals surface area (Å²) in [6, 6.07) is 6.07. The number of hydrogen-bond donors (Lipinski definition) is 2. The van der Waals surface area contributed by atoms with Gasteiger partial charge in [-0.25, -0.2) is 14.2 Å². The molecule has 33 heavy (non-hydrogen) atoms. The van der Waals surface area contributed by atoms with Gasteiger partial charge in [0, 0.05) is 35.1 Å². The van der Waals surface area contributed by atoms with Crippen LogP contribution in [0.2, 0.25) is 0 Å². The summed E-state index contributed by atoms with van der Waals surface area (Å²) >= 11 is 0. The molecule has 0 saturated carbocycles. The lowest BCUT2D eigenvalue weighted by atomic mass is 10.1. The summed E-state index contributed by atoms with van der Waals surface area (Å²) in [5.41, 5.74) is 1.41. The molecular weight excluding hydrogens is 461 g/mol. The van der Waals surface area contributed by atoms with Crippen molar-refractivity contribution in [3.8, 4) is 11.1 Å². The molecular formula is C20H13F7N4O2. The molecule has 13 heteroatoms. The molecule has 0 radical (unpaired) electrons. The number of carboxylic acids is 1. The predicted molar refractivity (Wildman–Crippen MR) is 102 cm³/mol. The maximum atomic E-state index is 13.9. The highest BCUT2D eigenvalue weighted by molar-refractivity contribution is 5.92. The van der Waals surface area contributed by atoms with E-state index in [1.807, 2.05) is 12.1 Å². The molecule has 0 aliphatic heterocycles. The quantitative estimate of drug-likeness (QED) is 0.397. The monoisotopic (exact) mass is 474 g/mol. The van der Waals surface area contributed by atoms with E-state index in [9.17, 15) is 30.7 Å². The zero-order chi connectivity index (χ0) is 24.4. The molecule has 1 aromatic carbocycles. The number of H-pyrrole nitrogens is 1. The second-order valence-electron chi connectivity index (χ2n) is 6.63. The third-order valence-corrected chi connectivity index (χ3v) is 4.35. The second-order valence-corrected chi connectivity index (χ2v) is 6.63. The fourth-order valence-electron chi connectivity index (χ4n) is 2.85. The highest BCUT2D eigenvalue weighted by Gasteiger charge is 2.38. The molecule has 4 aromatic rings. The second kappa shape index (κ2) is 8.92. The molecule has 3 heterocycles. The van der Waals surface area contributed by atoms with Gasteiger partial charge in [-0.3, -0.25) is 4.68 Å². The van der Waals surface area contributed by atoms with Gasteiger partial charge in [-0.15, -0.1) is 0 Å². The number of nitrogens with one attached hydrogen (secondary N) is 1. The molecule has 0 aliphatic carbocycles. The number of carbonyl (C=O) groups is 1. The van der Waals surface area contributed by atoms with Crippen molar-refractivity contribution in [1.29, 1.82) is 0 Å². The Bertz CT molecular complexity index is 1280. The van der Waals surface area contributed by atoms with Gasteiger partial charge in [0.2, 0.25) is 0 Å². The Morgan fingerprint density at radius 2 is 1.79 bits per heavy atom. The van der Waals surface area contributed by atoms with Gasteiger partial charge in [0.25, 0.3) is 0 Å². The first-order valence-corrected chi connectivity index (χ1v) is 8.97. The summed E-state index contributed by atoms with van der Waals surface area (Å²) in [5.74, 6) is -3.46. The minimum absolute atomic E-state index is 0.0732. The lowest BCUT2D eigenvalue weighted by Gasteiger charge is -2.10. The van der Waals surface area contributed by atoms with Gasteiger partial charge in [-0.05, 0) is 35.9 Å². The van der Waals surface area contributed by atoms with Crippen LogP contribution in [0.25, 0.3) is 22.2 Å². The summed E-state index contributed by atoms with van der Waals surface area (Å²) in [7, 11) is 0. The van der Waals surface area contributed by atoms with Crippen LogP contribution in [0.3, 0.4) is 0 Å². The summed E-state index contributed by atoms with van der Waals surface area (Å²) in [6.45, 7) is -0.100. The van der Waals surface area contributed by atoms with E-state index in [0.29, 0.717) is 0 Å². The van der Waals surface area contributed by atoms with E-state index in [-0.39, 0.29) is 12.1 Å². The predicted octanol–water partition coefficient (Wildman–Crippen LogP) is 5.27. The van der Waals surface area contributed by atoms with Gasteiger partial charge in [0.15, 0.2) is 0 Å². The molecule has 0 saturated heterocycles. The Hall–Kier alpha value is -3.90. The van der Waals surface area contributed by atoms with Crippen molar-refractivity contribution in [2.45, 2.75) is 18.9 Å². The molecule has 0 fully saturated rings. The van der Waals surface area contributed by atoms with Crippen molar-refractivity contribution in [2.75, 3.05) is 0 Å². The third-order valence-electron chi connectivity index (χ3n) is 4.35. The van der Waals surface area contributed by atoms with Gasteiger partial charge < -0.3 is 10.1 Å². The SMILES string of the molecule is Fc1ccc(C(F)(F)F)cc1Cn1cc(-c2ccnc3[nH]ccc23)cn1.O=C(O)C(F)(F)F. The normalized spacial score (nSPS) is 11.8. The number of aromatic amines is 1. The highest BCUT2D eigenvalue weighted by atomic mass is 19.4. The largest absolute Gasteiger partial charge is 0.490 e. The summed E-state index contributed by atoms with van der Waals surface area (Å²) in [4.78, 5) is 16.1. The van der Waals surface area contributed by atoms with Gasteiger partial charge in [0.05, 0.1) is 18.3 Å². The van der Waals surface area contributed by atoms with E-state index in [4.69, 9.17) is 9.90 Å². The van der Waals surface area contributed by atoms with Crippen molar-refractivity contribution in [3.63, 3.8) is 0 Å². The zero-order valence-corrected chi connectivity index (χ0v) is 16.2. The van der Waals surface area contributed by atoms with E-state index in [1.54, 1.807) is 24.8 Å². The van der Waals surface area contributed by atoms with Crippen LogP contribution in [0.4, 0.5) is 30.7 Å². The average Bonchev–Trinajstić information content (AvgIpc) is 3.37. The van der Waals surface area contributed by atoms with Crippen LogP contribution in [-0.4, -0.2) is 37.0 Å². The maximum absolute atomic E-state index is 13.9. The Balaban J connectivity index is 0.000000383. The Morgan fingerprint density at radius 1 is 1.09 bits per heavy atom. The fraction of sp³-hybridized carbons (Fsp3) is 0.150. The lowest BCUT2D eigenvalue weighted by Crippen LogP contribution is -2.21. The van der Waals surface area contributed by atoms with Gasteiger partial charge in [-0.1, -0.05) is 0 Å². The van der Waals surface area contributed by atoms with Crippen LogP contribution in [0.5, 0.6) is 0 Å². The van der Waals surface area contributed by atoms with Gasteiger partial charge >= 0.3 is 18.3 Å². The topological polar surface area (TPSA) is 83.8 Å². The van der Waals surface area contributed by atoms with Gasteiger partial charge in [0.1, 0.15) is 11.5 Å². The Kier molecular flexibility index (Phi) is 6.42. The number of hydrogen-bond acceptors (Lipinski definition) is 3. The van der Waals surface area contributed by atoms with E-state index < -0.39 is 29.7 Å². The van der Waals surface area contributed by atoms with Crippen LogP contribution in [0.1, 0.15) is 11.1 Å². The Morgan fingerprint density at radius 3 is 2.42 bits per heavy atom. The van der Waals surface area contributed by atoms with Crippen molar-refractivity contribution >= 4 is 17.0 Å². The number of alkyl halides is 6. The van der Waals surface area contributed by atoms with Crippen molar-refractivity contribution < 1.29 is 40.6 Å². The van der Waals surface area contributed by atoms with Gasteiger partial charge in [-0.2, -0.15) is 31.4 Å². The molecule has 0 bridgehead atoms. The van der Waals surface area contributed by atoms with E-state index >= 15 is 0 Å². The van der Waals surface area contributed by atoms with Crippen molar-refractivity contribution in [2.24, 2.45) is 0 Å². The van der Waals surface area contributed by atoms with E-state index in [0.717, 1.165) is 40.4 Å². The summed E-state index contributed by atoms with van der Waals surface area (Å²) < 4.78 is 85.5. The number of aromatic nitrogens is 4. The molecule has 0 unspecified atom stereocenters. The Labute approximate surface area is 180 Å². The standard InChI is InChI=1S/C18H12F4N4.C2HF3O2/c19-16-2-1-13(18(20,21)22)7-11(16)9-26-10-12(8-25-26)14-3-5-23-17-15(14)4-6-24-17;3-2(4,5)1(6)7/h1-8,10H,9H2,(H,23,24);(H,6,7). The van der Waals surface area contributed by atoms with Crippen molar-refractivity contribution in [1.82, 2.24) is 19.7 Å². The number of halogens is 7. The number of carboxylic acid groups (broad SMARTS) is 1. The summed E-state index contributed by atoms with van der Waals surface area (Å²) in [5, 5.41) is 12.2. The number of nitrogens with zero attached hydrogens (tertiary/aromatic N) is 3. The zero-order valence-electron chi connectivity index (χ0n) is 16.2. The molecule has 0 aliphatic rings. The molecule has 0 atom stereocenters. The molecule has 174 valence electrons. The first-order chi connectivity index (χ1) is 15.4. The third kappa shape index (κ3) is 5.67. The van der Waals surface area contributed by atoms with Crippen LogP contribution >= 0.6 is 0 Å². The minimum Gasteiger partial charge on any atom is -0.475 e. The van der Waals surface area contributed by atoms with E-state index in [1.165, 1.54) is 4.68 Å². The average molecular weight is 474 g/mol. The fourth-order valence-corrected chi connectivity index (χ4v) is 2.85. The van der Waals surface area contributed by atoms with Crippen LogP contribution in [-0.2, 0) is 17.5 Å². The minimum atomic E-state index is -5.08. The first kappa shape index (κ1) is 23.8. The molecule has 0 amide bonds. The molecule has 3 aromatic heterocycles. The first-order valence-electron chi connectivity index (χ1n) is 8.97. The van der Waals surface area contributed by atoms with Crippen LogP contribution < -0.4 is 0 Å². The molecule has 2 N–H and O–H groups in total. The van der Waals surface area contributed by atoms with Crippen LogP contribution in [0, 0.1) is 5.82 Å². The van der Waals surface area contributed by atoms with Crippen LogP contribution in [0.15, 0.2) is 55.1 Å². The lowest BCUT2D eigenvalue weighted by molar-refractivity contribution is -0.192. The van der Waals surface area contributed by atoms with Crippen molar-refractivity contribution in [3.05, 3.63) is 72.1 Å². The molecule has 6 nitrogen and oxygen atoms in total. The number of pyridine rings is 1. The molecule has 0 spiro atoms. The number of benzene rings is 1. The maximum Gasteiger partial charge on any atom is 0.490 e. The smallest absolute Gasteiger partial charge is 0.475 e. The summed E-state index contributed by atoms with van der Waals surface area (Å²) in [6.07, 6.45) is -2.93. The molecule has 4 rings (SSSR count). The van der Waals surface area contributed by atoms with E-state index in [2.05, 4.69) is 15.1 Å². The number of aliphatic carboxylic acids is 1. The number of rotatable bonds is 3. The highest BCUT2D eigenvalue weighted by Crippen LogP contribution is 2.31. The number of fused-ring (bicyclic) bond motifs is 1.